The third-order valence-corrected chi connectivity index (χ3v) is 5.20. The number of hydrogen-bond donors (Lipinski definition) is 1. The highest BCUT2D eigenvalue weighted by atomic mass is 16.2. The predicted octanol–water partition coefficient (Wildman–Crippen LogP) is 1.22. The van der Waals surface area contributed by atoms with Crippen LogP contribution in [0.25, 0.3) is 0 Å². The maximum absolute atomic E-state index is 12.7. The Hall–Kier alpha value is -2.50. The van der Waals surface area contributed by atoms with E-state index in [2.05, 4.69) is 10.3 Å². The second-order valence-electron chi connectivity index (χ2n) is 6.45. The van der Waals surface area contributed by atoms with Crippen molar-refractivity contribution in [3.63, 3.8) is 0 Å². The number of anilines is 1. The van der Waals surface area contributed by atoms with Gasteiger partial charge in [-0.05, 0) is 37.3 Å². The van der Waals surface area contributed by atoms with E-state index in [0.29, 0.717) is 5.69 Å². The number of nitrogens with zero attached hydrogens (tertiary/aromatic N) is 2. The highest BCUT2D eigenvalue weighted by molar-refractivity contribution is 6.10. The summed E-state index contributed by atoms with van der Waals surface area (Å²) in [7, 11) is 0. The number of amides is 3. The fourth-order valence-corrected chi connectivity index (χ4v) is 4.11. The van der Waals surface area contributed by atoms with E-state index in [1.165, 1.54) is 6.20 Å². The summed E-state index contributed by atoms with van der Waals surface area (Å²) >= 11 is 0. The zero-order valence-electron chi connectivity index (χ0n) is 12.7. The number of fused-ring (bicyclic) bond motifs is 5. The summed E-state index contributed by atoms with van der Waals surface area (Å²) in [6.45, 7) is 1.60. The minimum atomic E-state index is -0.819. The van der Waals surface area contributed by atoms with Crippen LogP contribution in [0.15, 0.2) is 36.7 Å². The van der Waals surface area contributed by atoms with Crippen molar-refractivity contribution in [2.45, 2.75) is 19.4 Å². The van der Waals surface area contributed by atoms with Gasteiger partial charge in [-0.1, -0.05) is 12.2 Å². The molecular formula is C17H17N3O3. The third-order valence-electron chi connectivity index (χ3n) is 5.20. The first-order valence-corrected chi connectivity index (χ1v) is 7.84. The van der Waals surface area contributed by atoms with Crippen LogP contribution in [-0.4, -0.2) is 33.6 Å². The average molecular weight is 311 g/mol. The zero-order chi connectivity index (χ0) is 16.1. The van der Waals surface area contributed by atoms with Gasteiger partial charge in [-0.2, -0.15) is 0 Å². The number of imide groups is 1. The van der Waals surface area contributed by atoms with Gasteiger partial charge in [0.15, 0.2) is 0 Å². The van der Waals surface area contributed by atoms with Crippen molar-refractivity contribution >= 4 is 23.4 Å². The smallest absolute Gasteiger partial charge is 0.247 e. The van der Waals surface area contributed by atoms with Gasteiger partial charge >= 0.3 is 0 Å². The molecule has 0 radical (unpaired) electrons. The van der Waals surface area contributed by atoms with Crippen molar-refractivity contribution in [1.29, 1.82) is 0 Å². The van der Waals surface area contributed by atoms with Gasteiger partial charge in [-0.15, -0.1) is 0 Å². The Morgan fingerprint density at radius 1 is 1.26 bits per heavy atom. The Bertz CT molecular complexity index is 685. The van der Waals surface area contributed by atoms with E-state index >= 15 is 0 Å². The Morgan fingerprint density at radius 3 is 2.48 bits per heavy atom. The zero-order valence-corrected chi connectivity index (χ0v) is 12.7. The number of likely N-dealkylation sites (tertiary alicyclic amines) is 1. The van der Waals surface area contributed by atoms with E-state index in [1.54, 1.807) is 25.3 Å². The number of carbonyl (C=O) groups is 3. The van der Waals surface area contributed by atoms with Crippen molar-refractivity contribution in [1.82, 2.24) is 9.88 Å². The lowest BCUT2D eigenvalue weighted by atomic mass is 9.85. The number of nitrogens with one attached hydrogen (secondary N) is 1. The number of pyridine rings is 1. The van der Waals surface area contributed by atoms with Crippen LogP contribution >= 0.6 is 0 Å². The first kappa shape index (κ1) is 14.1. The molecule has 1 saturated heterocycles. The highest BCUT2D eigenvalue weighted by Crippen LogP contribution is 2.52. The number of aromatic nitrogens is 1. The van der Waals surface area contributed by atoms with Crippen molar-refractivity contribution in [3.05, 3.63) is 36.7 Å². The maximum atomic E-state index is 12.7. The molecule has 0 aromatic carbocycles. The topological polar surface area (TPSA) is 79.4 Å². The molecule has 1 saturated carbocycles. The van der Waals surface area contributed by atoms with Crippen LogP contribution in [0.1, 0.15) is 13.3 Å². The van der Waals surface area contributed by atoms with Gasteiger partial charge in [0, 0.05) is 6.20 Å². The van der Waals surface area contributed by atoms with Crippen molar-refractivity contribution in [2.75, 3.05) is 5.32 Å². The summed E-state index contributed by atoms with van der Waals surface area (Å²) in [5.41, 5.74) is 0.547. The van der Waals surface area contributed by atoms with E-state index in [-0.39, 0.29) is 41.4 Å². The normalized spacial score (nSPS) is 32.3. The molecule has 6 heteroatoms. The van der Waals surface area contributed by atoms with Gasteiger partial charge in [0.2, 0.25) is 17.7 Å². The Kier molecular flexibility index (Phi) is 3.07. The molecule has 2 fully saturated rings. The second-order valence-corrected chi connectivity index (χ2v) is 6.45. The van der Waals surface area contributed by atoms with Gasteiger partial charge in [0.1, 0.15) is 6.04 Å². The standard InChI is InChI=1S/C17H17N3O3/c1-9(15(21)19-12-3-2-6-18-8-12)20-16(22)13-10-4-5-11(7-10)14(13)17(20)23/h2-6,8-11,13-14H,7H2,1H3,(H,19,21)/t9-,10+,11+,13-,14-/m1/s1. The molecule has 0 spiro atoms. The quantitative estimate of drug-likeness (QED) is 0.672. The summed E-state index contributed by atoms with van der Waals surface area (Å²) in [6, 6.07) is 2.60. The largest absolute Gasteiger partial charge is 0.323 e. The molecule has 4 rings (SSSR count). The van der Waals surface area contributed by atoms with Crippen LogP contribution in [0, 0.1) is 23.7 Å². The SMILES string of the molecule is C[C@H](C(=O)Nc1cccnc1)N1C(=O)[C@H]2[C@H](C1=O)[C@H]1C=C[C@H]2C1. The Labute approximate surface area is 133 Å². The van der Waals surface area contributed by atoms with Crippen LogP contribution in [-0.2, 0) is 14.4 Å². The van der Waals surface area contributed by atoms with Crippen molar-refractivity contribution in [3.8, 4) is 0 Å². The van der Waals surface area contributed by atoms with Crippen LogP contribution in [0.3, 0.4) is 0 Å². The fourth-order valence-electron chi connectivity index (χ4n) is 4.11. The van der Waals surface area contributed by atoms with Crippen LogP contribution in [0.2, 0.25) is 0 Å². The molecule has 1 aromatic heterocycles. The van der Waals surface area contributed by atoms with Gasteiger partial charge in [-0.3, -0.25) is 24.3 Å². The Balaban J connectivity index is 1.53. The van der Waals surface area contributed by atoms with Crippen molar-refractivity contribution < 1.29 is 14.4 Å². The lowest BCUT2D eigenvalue weighted by Gasteiger charge is -2.23. The first-order valence-electron chi connectivity index (χ1n) is 7.84. The minimum Gasteiger partial charge on any atom is -0.323 e. The Morgan fingerprint density at radius 2 is 1.91 bits per heavy atom. The molecule has 1 aromatic rings. The molecule has 118 valence electrons. The van der Waals surface area contributed by atoms with Gasteiger partial charge in [0.05, 0.1) is 23.7 Å². The van der Waals surface area contributed by atoms with Gasteiger partial charge < -0.3 is 5.32 Å². The van der Waals surface area contributed by atoms with Crippen LogP contribution in [0.5, 0.6) is 0 Å². The molecule has 6 nitrogen and oxygen atoms in total. The summed E-state index contributed by atoms with van der Waals surface area (Å²) in [6.07, 6.45) is 8.10. The average Bonchev–Trinajstić information content (AvgIpc) is 3.22. The fraction of sp³-hybridized carbons (Fsp3) is 0.412. The molecule has 23 heavy (non-hydrogen) atoms. The molecule has 1 aliphatic heterocycles. The molecule has 2 bridgehead atoms. The lowest BCUT2D eigenvalue weighted by molar-refractivity contribution is -0.146. The summed E-state index contributed by atoms with van der Waals surface area (Å²) in [5.74, 6) is -1.02. The van der Waals surface area contributed by atoms with Gasteiger partial charge in [-0.25, -0.2) is 0 Å². The van der Waals surface area contributed by atoms with Crippen LogP contribution in [0.4, 0.5) is 5.69 Å². The molecule has 2 heterocycles. The minimum absolute atomic E-state index is 0.153. The number of rotatable bonds is 3. The molecular weight excluding hydrogens is 294 g/mol. The molecule has 3 amide bonds. The van der Waals surface area contributed by atoms with E-state index in [1.807, 2.05) is 12.2 Å². The number of hydrogen-bond acceptors (Lipinski definition) is 4. The summed E-state index contributed by atoms with van der Waals surface area (Å²) < 4.78 is 0. The maximum Gasteiger partial charge on any atom is 0.247 e. The van der Waals surface area contributed by atoms with E-state index in [0.717, 1.165) is 11.3 Å². The monoisotopic (exact) mass is 311 g/mol. The van der Waals surface area contributed by atoms with Crippen LogP contribution < -0.4 is 5.32 Å². The predicted molar refractivity (Wildman–Crippen MR) is 81.9 cm³/mol. The molecule has 2 aliphatic carbocycles. The molecule has 3 aliphatic rings. The first-order chi connectivity index (χ1) is 11.1. The van der Waals surface area contributed by atoms with E-state index < -0.39 is 6.04 Å². The van der Waals surface area contributed by atoms with Gasteiger partial charge in [0.25, 0.3) is 0 Å². The summed E-state index contributed by atoms with van der Waals surface area (Å²) in [5, 5.41) is 2.70. The molecule has 5 atom stereocenters. The lowest BCUT2D eigenvalue weighted by Crippen LogP contribution is -2.46. The molecule has 1 N–H and O–H groups in total. The van der Waals surface area contributed by atoms with Crippen molar-refractivity contribution in [2.24, 2.45) is 23.7 Å². The highest BCUT2D eigenvalue weighted by Gasteiger charge is 2.60. The number of carbonyl (C=O) groups excluding carboxylic acids is 3. The molecule has 0 unspecified atom stereocenters. The number of allylic oxidation sites excluding steroid dienone is 2. The third kappa shape index (κ3) is 2.01. The summed E-state index contributed by atoms with van der Waals surface area (Å²) in [4.78, 5) is 42.8. The second kappa shape index (κ2) is 5.01. The van der Waals surface area contributed by atoms with E-state index in [9.17, 15) is 14.4 Å². The van der Waals surface area contributed by atoms with E-state index in [4.69, 9.17) is 0 Å².